The highest BCUT2D eigenvalue weighted by Crippen LogP contribution is 2.48. The molecule has 3 aliphatic rings. The van der Waals surface area contributed by atoms with E-state index in [1.54, 1.807) is 0 Å². The molecule has 1 aromatic carbocycles. The van der Waals surface area contributed by atoms with E-state index in [-0.39, 0.29) is 5.92 Å². The van der Waals surface area contributed by atoms with Crippen LogP contribution in [0.5, 0.6) is 0 Å². The topological polar surface area (TPSA) is 26.3 Å². The number of benzene rings is 1. The summed E-state index contributed by atoms with van der Waals surface area (Å²) in [6.07, 6.45) is 7.04. The number of carbonyl (C=O) groups is 1. The lowest BCUT2D eigenvalue weighted by Crippen LogP contribution is -2.26. The van der Waals surface area contributed by atoms with Crippen molar-refractivity contribution < 1.29 is 9.53 Å². The van der Waals surface area contributed by atoms with E-state index in [0.717, 1.165) is 42.8 Å². The quantitative estimate of drug-likeness (QED) is 0.749. The third kappa shape index (κ3) is 2.14. The second-order valence-corrected chi connectivity index (χ2v) is 6.21. The van der Waals surface area contributed by atoms with Crippen molar-refractivity contribution in [2.24, 2.45) is 0 Å². The highest BCUT2D eigenvalue weighted by Gasteiger charge is 2.38. The summed E-state index contributed by atoms with van der Waals surface area (Å²) in [7, 11) is 0. The van der Waals surface area contributed by atoms with Crippen molar-refractivity contribution >= 4 is 5.78 Å². The first-order chi connectivity index (χ1) is 10.3. The monoisotopic (exact) mass is 280 g/mol. The molecule has 0 spiro atoms. The maximum Gasteiger partial charge on any atom is 0.163 e. The number of rotatable bonds is 1. The Kier molecular flexibility index (Phi) is 3.17. The summed E-state index contributed by atoms with van der Waals surface area (Å²) < 4.78 is 6.15. The SMILES string of the molecule is O=C1CCCC2=C1C(c1ccccc1)C1=C(CCCC1)O2. The molecule has 2 aliphatic carbocycles. The maximum absolute atomic E-state index is 12.5. The summed E-state index contributed by atoms with van der Waals surface area (Å²) in [5.41, 5.74) is 3.56. The van der Waals surface area contributed by atoms with Crippen LogP contribution in [0.3, 0.4) is 0 Å². The van der Waals surface area contributed by atoms with Crippen LogP contribution in [0, 0.1) is 0 Å². The number of carbonyl (C=O) groups excluding carboxylic acids is 1. The smallest absolute Gasteiger partial charge is 0.163 e. The average Bonchev–Trinajstić information content (AvgIpc) is 2.54. The molecule has 2 heteroatoms. The van der Waals surface area contributed by atoms with Gasteiger partial charge >= 0.3 is 0 Å². The van der Waals surface area contributed by atoms with Crippen LogP contribution < -0.4 is 0 Å². The van der Waals surface area contributed by atoms with E-state index >= 15 is 0 Å². The van der Waals surface area contributed by atoms with Gasteiger partial charge in [-0.3, -0.25) is 4.79 Å². The average molecular weight is 280 g/mol. The molecular formula is C19H20O2. The molecule has 108 valence electrons. The van der Waals surface area contributed by atoms with Crippen molar-refractivity contribution in [3.8, 4) is 0 Å². The number of ketones is 1. The molecule has 0 saturated carbocycles. The fourth-order valence-electron chi connectivity index (χ4n) is 3.92. The summed E-state index contributed by atoms with van der Waals surface area (Å²) in [6.45, 7) is 0. The second kappa shape index (κ2) is 5.18. The molecule has 0 radical (unpaired) electrons. The number of Topliss-reactive ketones (excluding diaryl/α,β-unsaturated/α-hetero) is 1. The minimum Gasteiger partial charge on any atom is -0.466 e. The lowest BCUT2D eigenvalue weighted by atomic mass is 9.73. The molecule has 0 fully saturated rings. The minimum atomic E-state index is 0.151. The third-order valence-electron chi connectivity index (χ3n) is 4.88. The Balaban J connectivity index is 1.87. The van der Waals surface area contributed by atoms with E-state index < -0.39 is 0 Å². The summed E-state index contributed by atoms with van der Waals surface area (Å²) in [5.74, 6) is 2.56. The Morgan fingerprint density at radius 3 is 2.48 bits per heavy atom. The molecule has 0 bridgehead atoms. The van der Waals surface area contributed by atoms with Gasteiger partial charge < -0.3 is 4.74 Å². The zero-order valence-corrected chi connectivity index (χ0v) is 12.2. The van der Waals surface area contributed by atoms with Crippen LogP contribution in [0.2, 0.25) is 0 Å². The standard InChI is InChI=1S/C19H20O2/c20-15-10-6-12-17-19(15)18(13-7-2-1-3-8-13)14-9-4-5-11-16(14)21-17/h1-3,7-8,18H,4-6,9-12H2. The zero-order valence-electron chi connectivity index (χ0n) is 12.2. The van der Waals surface area contributed by atoms with Gasteiger partial charge in [0.05, 0.1) is 0 Å². The van der Waals surface area contributed by atoms with Crippen molar-refractivity contribution in [1.82, 2.24) is 0 Å². The Hall–Kier alpha value is -1.83. The van der Waals surface area contributed by atoms with E-state index in [2.05, 4.69) is 24.3 Å². The minimum absolute atomic E-state index is 0.151. The normalized spacial score (nSPS) is 25.3. The van der Waals surface area contributed by atoms with Crippen LogP contribution in [0.4, 0.5) is 0 Å². The Bertz CT molecular complexity index is 637. The molecule has 1 heterocycles. The van der Waals surface area contributed by atoms with Crippen LogP contribution in [0.15, 0.2) is 53.0 Å². The van der Waals surface area contributed by atoms with E-state index in [1.807, 2.05) is 6.07 Å². The van der Waals surface area contributed by atoms with E-state index in [9.17, 15) is 4.79 Å². The lowest BCUT2D eigenvalue weighted by Gasteiger charge is -2.36. The third-order valence-corrected chi connectivity index (χ3v) is 4.88. The molecule has 4 rings (SSSR count). The van der Waals surface area contributed by atoms with Gasteiger partial charge in [0.25, 0.3) is 0 Å². The Morgan fingerprint density at radius 1 is 0.857 bits per heavy atom. The van der Waals surface area contributed by atoms with Gasteiger partial charge in [0.15, 0.2) is 5.78 Å². The number of ether oxygens (including phenoxy) is 1. The molecular weight excluding hydrogens is 260 g/mol. The van der Waals surface area contributed by atoms with Gasteiger partial charge in [0.1, 0.15) is 11.5 Å². The molecule has 0 N–H and O–H groups in total. The second-order valence-electron chi connectivity index (χ2n) is 6.21. The van der Waals surface area contributed by atoms with Gasteiger partial charge in [0, 0.05) is 30.8 Å². The number of allylic oxidation sites excluding steroid dienone is 4. The molecule has 0 aromatic heterocycles. The first-order valence-corrected chi connectivity index (χ1v) is 8.05. The van der Waals surface area contributed by atoms with Gasteiger partial charge in [0.2, 0.25) is 0 Å². The van der Waals surface area contributed by atoms with E-state index in [1.165, 1.54) is 24.0 Å². The van der Waals surface area contributed by atoms with Gasteiger partial charge in [-0.25, -0.2) is 0 Å². The fraction of sp³-hybridized carbons (Fsp3) is 0.421. The molecule has 1 aromatic rings. The molecule has 1 atom stereocenters. The van der Waals surface area contributed by atoms with Crippen molar-refractivity contribution in [1.29, 1.82) is 0 Å². The van der Waals surface area contributed by atoms with Crippen LogP contribution in [0.25, 0.3) is 0 Å². The predicted octanol–water partition coefficient (Wildman–Crippen LogP) is 4.64. The predicted molar refractivity (Wildman–Crippen MR) is 81.6 cm³/mol. The molecule has 21 heavy (non-hydrogen) atoms. The largest absolute Gasteiger partial charge is 0.466 e. The summed E-state index contributed by atoms with van der Waals surface area (Å²) in [4.78, 5) is 12.5. The molecule has 2 nitrogen and oxygen atoms in total. The zero-order chi connectivity index (χ0) is 14.2. The summed E-state index contributed by atoms with van der Waals surface area (Å²) >= 11 is 0. The molecule has 1 unspecified atom stereocenters. The van der Waals surface area contributed by atoms with Crippen LogP contribution in [-0.4, -0.2) is 5.78 Å². The van der Waals surface area contributed by atoms with Crippen LogP contribution in [-0.2, 0) is 9.53 Å². The maximum atomic E-state index is 12.5. The Morgan fingerprint density at radius 2 is 1.62 bits per heavy atom. The number of hydrogen-bond donors (Lipinski definition) is 0. The van der Waals surface area contributed by atoms with E-state index in [4.69, 9.17) is 4.74 Å². The van der Waals surface area contributed by atoms with Crippen LogP contribution in [0.1, 0.15) is 56.4 Å². The first kappa shape index (κ1) is 12.9. The van der Waals surface area contributed by atoms with Crippen molar-refractivity contribution in [3.05, 3.63) is 58.6 Å². The van der Waals surface area contributed by atoms with Gasteiger partial charge in [-0.15, -0.1) is 0 Å². The van der Waals surface area contributed by atoms with E-state index in [0.29, 0.717) is 12.2 Å². The van der Waals surface area contributed by atoms with Crippen molar-refractivity contribution in [3.63, 3.8) is 0 Å². The Labute approximate surface area is 125 Å². The lowest BCUT2D eigenvalue weighted by molar-refractivity contribution is -0.116. The highest BCUT2D eigenvalue weighted by atomic mass is 16.5. The van der Waals surface area contributed by atoms with Crippen molar-refractivity contribution in [2.45, 2.75) is 50.9 Å². The highest BCUT2D eigenvalue weighted by molar-refractivity contribution is 5.99. The van der Waals surface area contributed by atoms with Crippen molar-refractivity contribution in [2.75, 3.05) is 0 Å². The number of hydrogen-bond acceptors (Lipinski definition) is 2. The summed E-state index contributed by atoms with van der Waals surface area (Å²) in [5, 5.41) is 0. The first-order valence-electron chi connectivity index (χ1n) is 8.05. The van der Waals surface area contributed by atoms with Gasteiger partial charge in [-0.05, 0) is 36.8 Å². The summed E-state index contributed by atoms with van der Waals surface area (Å²) in [6, 6.07) is 10.5. The molecule has 0 amide bonds. The molecule has 0 saturated heterocycles. The molecule has 1 aliphatic heterocycles. The van der Waals surface area contributed by atoms with Gasteiger partial charge in [-0.1, -0.05) is 30.3 Å². The van der Waals surface area contributed by atoms with Gasteiger partial charge in [-0.2, -0.15) is 0 Å². The van der Waals surface area contributed by atoms with Crippen LogP contribution >= 0.6 is 0 Å². The fourth-order valence-corrected chi connectivity index (χ4v) is 3.92.